The Labute approximate surface area is 100.0 Å². The molecule has 1 heterocycles. The van der Waals surface area contributed by atoms with E-state index in [-0.39, 0.29) is 0 Å². The predicted octanol–water partition coefficient (Wildman–Crippen LogP) is 1.99. The van der Waals surface area contributed by atoms with Crippen molar-refractivity contribution in [2.75, 3.05) is 12.5 Å². The molecule has 0 fully saturated rings. The monoisotopic (exact) mass is 232 g/mol. The summed E-state index contributed by atoms with van der Waals surface area (Å²) in [6.07, 6.45) is 1.73. The molecular weight excluding hydrogens is 216 g/mol. The van der Waals surface area contributed by atoms with Crippen LogP contribution in [-0.2, 0) is 0 Å². The second-order valence-corrected chi connectivity index (χ2v) is 3.95. The van der Waals surface area contributed by atoms with Crippen LogP contribution in [0.3, 0.4) is 0 Å². The number of rotatable bonds is 3. The number of benzene rings is 1. The van der Waals surface area contributed by atoms with Crippen LogP contribution >= 0.6 is 0 Å². The van der Waals surface area contributed by atoms with Crippen molar-refractivity contribution < 1.29 is 4.74 Å². The third-order valence-corrected chi connectivity index (χ3v) is 2.65. The first-order chi connectivity index (χ1) is 8.15. The number of methoxy groups -OCH3 is 1. The normalized spacial score (nSPS) is 10.4. The largest absolute Gasteiger partial charge is 0.496 e. The molecule has 0 aliphatic carbocycles. The molecule has 5 heteroatoms. The molecule has 0 saturated carbocycles. The third kappa shape index (κ3) is 2.09. The highest BCUT2D eigenvalue weighted by Gasteiger charge is 2.12. The van der Waals surface area contributed by atoms with Gasteiger partial charge in [-0.15, -0.1) is 0 Å². The van der Waals surface area contributed by atoms with Crippen LogP contribution < -0.4 is 16.0 Å². The molecule has 0 aliphatic heterocycles. The summed E-state index contributed by atoms with van der Waals surface area (Å²) in [5.41, 5.74) is 6.67. The zero-order chi connectivity index (χ0) is 12.4. The predicted molar refractivity (Wildman–Crippen MR) is 67.9 cm³/mol. The van der Waals surface area contributed by atoms with Gasteiger partial charge in [0.05, 0.1) is 19.0 Å². The van der Waals surface area contributed by atoms with Crippen LogP contribution in [0.4, 0.5) is 5.95 Å². The zero-order valence-corrected chi connectivity index (χ0v) is 10.2. The van der Waals surface area contributed by atoms with Crippen LogP contribution in [0.2, 0.25) is 0 Å². The fourth-order valence-electron chi connectivity index (χ4n) is 1.96. The number of aromatic amines is 1. The Balaban J connectivity index is 2.57. The lowest BCUT2D eigenvalue weighted by atomic mass is 10.0. The van der Waals surface area contributed by atoms with E-state index in [1.165, 1.54) is 5.56 Å². The summed E-state index contributed by atoms with van der Waals surface area (Å²) in [7, 11) is 1.66. The molecule has 0 unspecified atom stereocenters. The summed E-state index contributed by atoms with van der Waals surface area (Å²) in [5, 5.41) is 0. The Morgan fingerprint density at radius 2 is 2.12 bits per heavy atom. The number of nitrogens with one attached hydrogen (secondary N) is 2. The molecule has 2 aromatic rings. The fraction of sp³-hybridized carbons (Fsp3) is 0.250. The third-order valence-electron chi connectivity index (χ3n) is 2.65. The second-order valence-electron chi connectivity index (χ2n) is 3.95. The maximum atomic E-state index is 5.40. The summed E-state index contributed by atoms with van der Waals surface area (Å²) in [6.45, 7) is 4.08. The molecule has 0 spiro atoms. The highest BCUT2D eigenvalue weighted by Crippen LogP contribution is 2.33. The van der Waals surface area contributed by atoms with Gasteiger partial charge in [0, 0.05) is 5.56 Å². The Bertz CT molecular complexity index is 533. The highest BCUT2D eigenvalue weighted by molar-refractivity contribution is 5.72. The number of hydrazine groups is 1. The van der Waals surface area contributed by atoms with Crippen molar-refractivity contribution >= 4 is 5.95 Å². The standard InChI is InChI=1S/C12H16N4O/c1-7-4-8(2)11(10(5-7)17-3)9-6-14-12(15-9)16-13/h4-6H,13H2,1-3H3,(H2,14,15,16). The van der Waals surface area contributed by atoms with Gasteiger partial charge in [0.25, 0.3) is 0 Å². The zero-order valence-electron chi connectivity index (χ0n) is 10.2. The Kier molecular flexibility index (Phi) is 3.01. The number of hydrogen-bond donors (Lipinski definition) is 3. The molecule has 2 rings (SSSR count). The number of aryl methyl sites for hydroxylation is 2. The van der Waals surface area contributed by atoms with Gasteiger partial charge >= 0.3 is 0 Å². The van der Waals surface area contributed by atoms with Crippen molar-refractivity contribution in [3.8, 4) is 17.0 Å². The Morgan fingerprint density at radius 1 is 1.35 bits per heavy atom. The number of nitrogens with zero attached hydrogens (tertiary/aromatic N) is 1. The lowest BCUT2D eigenvalue weighted by molar-refractivity contribution is 0.415. The molecule has 1 aromatic carbocycles. The van der Waals surface area contributed by atoms with E-state index in [4.69, 9.17) is 10.6 Å². The first kappa shape index (κ1) is 11.5. The van der Waals surface area contributed by atoms with Crippen molar-refractivity contribution in [3.05, 3.63) is 29.5 Å². The van der Waals surface area contributed by atoms with Crippen LogP contribution in [-0.4, -0.2) is 17.1 Å². The van der Waals surface area contributed by atoms with E-state index in [1.54, 1.807) is 13.3 Å². The maximum absolute atomic E-state index is 5.40. The number of H-pyrrole nitrogens is 1. The highest BCUT2D eigenvalue weighted by atomic mass is 16.5. The summed E-state index contributed by atoms with van der Waals surface area (Å²) >= 11 is 0. The van der Waals surface area contributed by atoms with Crippen molar-refractivity contribution in [1.29, 1.82) is 0 Å². The van der Waals surface area contributed by atoms with Gasteiger partial charge in [-0.25, -0.2) is 10.8 Å². The molecule has 1 aromatic heterocycles. The van der Waals surface area contributed by atoms with Gasteiger partial charge in [-0.3, -0.25) is 5.43 Å². The minimum atomic E-state index is 0.530. The van der Waals surface area contributed by atoms with Crippen LogP contribution in [0.15, 0.2) is 18.3 Å². The van der Waals surface area contributed by atoms with Crippen molar-refractivity contribution in [3.63, 3.8) is 0 Å². The molecular formula is C12H16N4O. The summed E-state index contributed by atoms with van der Waals surface area (Å²) in [4.78, 5) is 7.19. The molecule has 0 amide bonds. The fourth-order valence-corrected chi connectivity index (χ4v) is 1.96. The van der Waals surface area contributed by atoms with E-state index >= 15 is 0 Å². The number of imidazole rings is 1. The van der Waals surface area contributed by atoms with Gasteiger partial charge in [0.15, 0.2) is 0 Å². The number of ether oxygens (including phenoxy) is 1. The van der Waals surface area contributed by atoms with Gasteiger partial charge in [0.1, 0.15) is 5.75 Å². The lowest BCUT2D eigenvalue weighted by Gasteiger charge is -2.11. The van der Waals surface area contributed by atoms with E-state index in [1.807, 2.05) is 19.9 Å². The Hall–Kier alpha value is -2.01. The molecule has 0 saturated heterocycles. The molecule has 4 N–H and O–H groups in total. The molecule has 0 radical (unpaired) electrons. The van der Waals surface area contributed by atoms with Gasteiger partial charge in [0.2, 0.25) is 5.95 Å². The minimum Gasteiger partial charge on any atom is -0.496 e. The molecule has 5 nitrogen and oxygen atoms in total. The first-order valence-electron chi connectivity index (χ1n) is 5.33. The van der Waals surface area contributed by atoms with Crippen molar-refractivity contribution in [2.45, 2.75) is 13.8 Å². The van der Waals surface area contributed by atoms with Gasteiger partial charge < -0.3 is 9.72 Å². The minimum absolute atomic E-state index is 0.530. The van der Waals surface area contributed by atoms with Gasteiger partial charge in [-0.2, -0.15) is 0 Å². The molecule has 90 valence electrons. The van der Waals surface area contributed by atoms with Crippen molar-refractivity contribution in [2.24, 2.45) is 5.84 Å². The number of anilines is 1. The van der Waals surface area contributed by atoms with E-state index < -0.39 is 0 Å². The van der Waals surface area contributed by atoms with Crippen molar-refractivity contribution in [1.82, 2.24) is 9.97 Å². The smallest absolute Gasteiger partial charge is 0.215 e. The number of nitrogens with two attached hydrogens (primary N) is 1. The summed E-state index contributed by atoms with van der Waals surface area (Å²) in [6, 6.07) is 4.10. The first-order valence-corrected chi connectivity index (χ1v) is 5.33. The number of hydrogen-bond acceptors (Lipinski definition) is 4. The van der Waals surface area contributed by atoms with Crippen LogP contribution in [0.1, 0.15) is 11.1 Å². The Morgan fingerprint density at radius 3 is 2.71 bits per heavy atom. The lowest BCUT2D eigenvalue weighted by Crippen LogP contribution is -2.07. The number of aromatic nitrogens is 2. The maximum Gasteiger partial charge on any atom is 0.215 e. The van der Waals surface area contributed by atoms with E-state index in [0.717, 1.165) is 22.6 Å². The number of nitrogen functional groups attached to an aromatic ring is 1. The average molecular weight is 232 g/mol. The van der Waals surface area contributed by atoms with E-state index in [2.05, 4.69) is 21.5 Å². The SMILES string of the molecule is COc1cc(C)cc(C)c1-c1cnc(NN)[nH]1. The molecule has 0 atom stereocenters. The van der Waals surface area contributed by atoms with Crippen LogP contribution in [0, 0.1) is 13.8 Å². The van der Waals surface area contributed by atoms with Gasteiger partial charge in [-0.05, 0) is 31.0 Å². The average Bonchev–Trinajstić information content (AvgIpc) is 2.76. The van der Waals surface area contributed by atoms with E-state index in [9.17, 15) is 0 Å². The topological polar surface area (TPSA) is 76.0 Å². The quantitative estimate of drug-likeness (QED) is 0.558. The van der Waals surface area contributed by atoms with E-state index in [0.29, 0.717) is 5.95 Å². The summed E-state index contributed by atoms with van der Waals surface area (Å²) < 4.78 is 5.40. The molecule has 0 aliphatic rings. The van der Waals surface area contributed by atoms with Crippen LogP contribution in [0.25, 0.3) is 11.3 Å². The van der Waals surface area contributed by atoms with Gasteiger partial charge in [-0.1, -0.05) is 6.07 Å². The second kappa shape index (κ2) is 4.47. The summed E-state index contributed by atoms with van der Waals surface area (Å²) in [5.74, 6) is 6.66. The van der Waals surface area contributed by atoms with Crippen LogP contribution in [0.5, 0.6) is 5.75 Å². The molecule has 17 heavy (non-hydrogen) atoms. The molecule has 0 bridgehead atoms.